The van der Waals surface area contributed by atoms with Gasteiger partial charge in [0.2, 0.25) is 0 Å². The van der Waals surface area contributed by atoms with Crippen molar-refractivity contribution in [2.45, 2.75) is 58.2 Å². The Morgan fingerprint density at radius 2 is 1.29 bits per heavy atom. The molecule has 0 spiro atoms. The van der Waals surface area contributed by atoms with Crippen molar-refractivity contribution in [1.29, 1.82) is 0 Å². The average molecular weight is 320 g/mol. The molecule has 0 unspecified atom stereocenters. The van der Waals surface area contributed by atoms with E-state index in [-0.39, 0.29) is 23.7 Å². The molecule has 2 aromatic rings. The maximum Gasteiger partial charge on any atom is 0.495 e. The van der Waals surface area contributed by atoms with Crippen LogP contribution in [0.4, 0.5) is 0 Å². The number of rotatable bonds is 1. The Kier molecular flexibility index (Phi) is 3.14. The molecule has 0 bridgehead atoms. The SMILES string of the molecule is CC1(C)c2ccccc2-c2cccc(B3OC(C)(C)C(C)(C)O3)c21. The first-order valence-electron chi connectivity index (χ1n) is 8.74. The van der Waals surface area contributed by atoms with Crippen molar-refractivity contribution < 1.29 is 9.31 Å². The van der Waals surface area contributed by atoms with Crippen molar-refractivity contribution in [3.63, 3.8) is 0 Å². The molecule has 3 heteroatoms. The fraction of sp³-hybridized carbons (Fsp3) is 0.429. The smallest absolute Gasteiger partial charge is 0.399 e. The van der Waals surface area contributed by atoms with Crippen LogP contribution in [0.2, 0.25) is 0 Å². The van der Waals surface area contributed by atoms with Crippen LogP contribution in [-0.2, 0) is 14.7 Å². The van der Waals surface area contributed by atoms with Gasteiger partial charge in [0.05, 0.1) is 11.2 Å². The first-order chi connectivity index (χ1) is 11.2. The van der Waals surface area contributed by atoms with Crippen LogP contribution >= 0.6 is 0 Å². The van der Waals surface area contributed by atoms with Crippen molar-refractivity contribution in [2.75, 3.05) is 0 Å². The Morgan fingerprint density at radius 1 is 0.708 bits per heavy atom. The Balaban J connectivity index is 1.89. The van der Waals surface area contributed by atoms with Gasteiger partial charge < -0.3 is 9.31 Å². The topological polar surface area (TPSA) is 18.5 Å². The van der Waals surface area contributed by atoms with Crippen LogP contribution in [0.25, 0.3) is 11.1 Å². The number of benzene rings is 2. The summed E-state index contributed by atoms with van der Waals surface area (Å²) in [7, 11) is -0.321. The second kappa shape index (κ2) is 4.74. The fourth-order valence-corrected chi connectivity index (χ4v) is 4.06. The van der Waals surface area contributed by atoms with Gasteiger partial charge in [-0.25, -0.2) is 0 Å². The van der Waals surface area contributed by atoms with E-state index in [2.05, 4.69) is 84.0 Å². The molecular formula is C21H25BO2. The molecule has 124 valence electrons. The summed E-state index contributed by atoms with van der Waals surface area (Å²) < 4.78 is 12.7. The molecular weight excluding hydrogens is 295 g/mol. The molecule has 24 heavy (non-hydrogen) atoms. The van der Waals surface area contributed by atoms with Crippen molar-refractivity contribution in [3.8, 4) is 11.1 Å². The maximum atomic E-state index is 6.35. The third kappa shape index (κ3) is 1.98. The lowest BCUT2D eigenvalue weighted by molar-refractivity contribution is 0.00578. The second-order valence-electron chi connectivity index (χ2n) is 8.53. The first-order valence-corrected chi connectivity index (χ1v) is 8.74. The molecule has 0 amide bonds. The van der Waals surface area contributed by atoms with E-state index >= 15 is 0 Å². The molecule has 4 rings (SSSR count). The summed E-state index contributed by atoms with van der Waals surface area (Å²) in [5.74, 6) is 0. The van der Waals surface area contributed by atoms with E-state index in [1.807, 2.05) is 0 Å². The molecule has 1 saturated heterocycles. The summed E-state index contributed by atoms with van der Waals surface area (Å²) in [5.41, 5.74) is 5.82. The largest absolute Gasteiger partial charge is 0.495 e. The highest BCUT2D eigenvalue weighted by molar-refractivity contribution is 6.63. The number of hydrogen-bond donors (Lipinski definition) is 0. The Morgan fingerprint density at radius 3 is 1.96 bits per heavy atom. The maximum absolute atomic E-state index is 6.35. The summed E-state index contributed by atoms with van der Waals surface area (Å²) >= 11 is 0. The Labute approximate surface area is 145 Å². The van der Waals surface area contributed by atoms with Crippen LogP contribution in [0.3, 0.4) is 0 Å². The van der Waals surface area contributed by atoms with Crippen molar-refractivity contribution in [1.82, 2.24) is 0 Å². The average Bonchev–Trinajstić information content (AvgIpc) is 2.88. The minimum Gasteiger partial charge on any atom is -0.399 e. The van der Waals surface area contributed by atoms with Crippen molar-refractivity contribution in [3.05, 3.63) is 53.6 Å². The summed E-state index contributed by atoms with van der Waals surface area (Å²) in [5, 5.41) is 0. The van der Waals surface area contributed by atoms with Gasteiger partial charge in [-0.2, -0.15) is 0 Å². The molecule has 1 aliphatic carbocycles. The molecule has 0 atom stereocenters. The van der Waals surface area contributed by atoms with Crippen LogP contribution in [0.15, 0.2) is 42.5 Å². The van der Waals surface area contributed by atoms with Gasteiger partial charge >= 0.3 is 7.12 Å². The molecule has 2 aromatic carbocycles. The lowest BCUT2D eigenvalue weighted by Gasteiger charge is -2.32. The van der Waals surface area contributed by atoms with Gasteiger partial charge in [0.25, 0.3) is 0 Å². The van der Waals surface area contributed by atoms with Gasteiger partial charge in [0.1, 0.15) is 0 Å². The molecule has 0 aromatic heterocycles. The standard InChI is InChI=1S/C21H25BO2/c1-19(2)16-12-8-7-10-14(16)15-11-9-13-17(18(15)19)22-23-20(3,4)21(5,6)24-22/h7-13H,1-6H3. The van der Waals surface area contributed by atoms with Gasteiger partial charge in [-0.3, -0.25) is 0 Å². The van der Waals surface area contributed by atoms with E-state index in [0.29, 0.717) is 0 Å². The molecule has 1 aliphatic heterocycles. The highest BCUT2D eigenvalue weighted by Gasteiger charge is 2.53. The summed E-state index contributed by atoms with van der Waals surface area (Å²) in [6, 6.07) is 15.2. The van der Waals surface area contributed by atoms with Gasteiger partial charge in [0.15, 0.2) is 0 Å². The predicted molar refractivity (Wildman–Crippen MR) is 99.7 cm³/mol. The molecule has 2 aliphatic rings. The van der Waals surface area contributed by atoms with E-state index in [4.69, 9.17) is 9.31 Å². The third-order valence-corrected chi connectivity index (χ3v) is 6.12. The Hall–Kier alpha value is -1.58. The summed E-state index contributed by atoms with van der Waals surface area (Å²) in [6.45, 7) is 13.0. The quantitative estimate of drug-likeness (QED) is 0.730. The molecule has 0 saturated carbocycles. The highest BCUT2D eigenvalue weighted by Crippen LogP contribution is 2.48. The summed E-state index contributed by atoms with van der Waals surface area (Å²) in [6.07, 6.45) is 0. The predicted octanol–water partition coefficient (Wildman–Crippen LogP) is 4.29. The third-order valence-electron chi connectivity index (χ3n) is 6.12. The molecule has 0 N–H and O–H groups in total. The van der Waals surface area contributed by atoms with Gasteiger partial charge in [-0.1, -0.05) is 56.3 Å². The van der Waals surface area contributed by atoms with E-state index in [1.54, 1.807) is 0 Å². The fourth-order valence-electron chi connectivity index (χ4n) is 4.06. The van der Waals surface area contributed by atoms with Crippen LogP contribution < -0.4 is 5.46 Å². The number of fused-ring (bicyclic) bond motifs is 3. The second-order valence-corrected chi connectivity index (χ2v) is 8.53. The van der Waals surface area contributed by atoms with Crippen molar-refractivity contribution in [2.24, 2.45) is 0 Å². The monoisotopic (exact) mass is 320 g/mol. The van der Waals surface area contributed by atoms with Crippen LogP contribution in [0.1, 0.15) is 52.7 Å². The first kappa shape index (κ1) is 15.9. The Bertz CT molecular complexity index is 804. The van der Waals surface area contributed by atoms with Gasteiger partial charge in [-0.15, -0.1) is 0 Å². The highest BCUT2D eigenvalue weighted by atomic mass is 16.7. The van der Waals surface area contributed by atoms with E-state index < -0.39 is 0 Å². The molecule has 0 radical (unpaired) electrons. The normalized spacial score (nSPS) is 22.3. The zero-order valence-corrected chi connectivity index (χ0v) is 15.4. The van der Waals surface area contributed by atoms with Crippen LogP contribution in [0.5, 0.6) is 0 Å². The minimum atomic E-state index is -0.323. The summed E-state index contributed by atoms with van der Waals surface area (Å²) in [4.78, 5) is 0. The molecule has 1 heterocycles. The van der Waals surface area contributed by atoms with Gasteiger partial charge in [0, 0.05) is 5.41 Å². The van der Waals surface area contributed by atoms with Crippen LogP contribution in [-0.4, -0.2) is 18.3 Å². The minimum absolute atomic E-state index is 0.0495. The molecule has 1 fully saturated rings. The van der Waals surface area contributed by atoms with E-state index in [1.165, 1.54) is 22.3 Å². The number of hydrogen-bond acceptors (Lipinski definition) is 2. The lowest BCUT2D eigenvalue weighted by Crippen LogP contribution is -2.41. The van der Waals surface area contributed by atoms with E-state index in [0.717, 1.165) is 5.46 Å². The zero-order chi connectivity index (χ0) is 17.3. The lowest BCUT2D eigenvalue weighted by atomic mass is 9.68. The van der Waals surface area contributed by atoms with E-state index in [9.17, 15) is 0 Å². The van der Waals surface area contributed by atoms with Crippen LogP contribution in [0, 0.1) is 0 Å². The van der Waals surface area contributed by atoms with Gasteiger partial charge in [-0.05, 0) is 55.4 Å². The van der Waals surface area contributed by atoms with Crippen molar-refractivity contribution >= 4 is 12.6 Å². The zero-order valence-electron chi connectivity index (χ0n) is 15.4. The molecule has 2 nitrogen and oxygen atoms in total.